The van der Waals surface area contributed by atoms with Crippen LogP contribution in [0.4, 0.5) is 8.78 Å². The monoisotopic (exact) mass is 428 g/mol. The third-order valence-corrected chi connectivity index (χ3v) is 4.55. The molecule has 11 heteroatoms. The molecule has 0 radical (unpaired) electrons. The molecule has 0 aliphatic rings. The normalized spacial score (nSPS) is 10.9. The predicted octanol–water partition coefficient (Wildman–Crippen LogP) is 4.12. The third-order valence-electron chi connectivity index (χ3n) is 3.26. The number of esters is 1. The van der Waals surface area contributed by atoms with E-state index in [-0.39, 0.29) is 45.4 Å². The van der Waals surface area contributed by atoms with Gasteiger partial charge in [0.1, 0.15) is 15.8 Å². The molecule has 1 aromatic carbocycles. The molecule has 1 heterocycles. The highest BCUT2D eigenvalue weighted by Gasteiger charge is 2.21. The molecule has 1 aromatic heterocycles. The van der Waals surface area contributed by atoms with Crippen LogP contribution in [0.2, 0.25) is 15.1 Å². The quantitative estimate of drug-likeness (QED) is 0.620. The van der Waals surface area contributed by atoms with E-state index in [0.717, 1.165) is 4.68 Å². The van der Waals surface area contributed by atoms with E-state index < -0.39 is 12.6 Å². The van der Waals surface area contributed by atoms with Crippen LogP contribution in [0.5, 0.6) is 11.6 Å². The average molecular weight is 430 g/mol. The van der Waals surface area contributed by atoms with Crippen molar-refractivity contribution in [3.8, 4) is 11.6 Å². The van der Waals surface area contributed by atoms with Gasteiger partial charge in [0.05, 0.1) is 17.8 Å². The molecule has 2 aromatic rings. The van der Waals surface area contributed by atoms with Gasteiger partial charge in [-0.05, 0) is 11.6 Å². The van der Waals surface area contributed by atoms with Gasteiger partial charge in [-0.15, -0.1) is 0 Å². The Morgan fingerprint density at radius 2 is 1.92 bits per heavy atom. The van der Waals surface area contributed by atoms with Crippen LogP contribution in [0.15, 0.2) is 12.1 Å². The van der Waals surface area contributed by atoms with Crippen LogP contribution in [-0.2, 0) is 23.0 Å². The number of rotatable bonds is 7. The van der Waals surface area contributed by atoms with E-state index >= 15 is 0 Å². The van der Waals surface area contributed by atoms with Crippen LogP contribution in [0.1, 0.15) is 11.3 Å². The summed E-state index contributed by atoms with van der Waals surface area (Å²) in [6.45, 7) is -3.35. The molecule has 0 aliphatic heterocycles. The Balaban J connectivity index is 2.23. The van der Waals surface area contributed by atoms with Gasteiger partial charge in [0, 0.05) is 13.5 Å². The van der Waals surface area contributed by atoms with Crippen LogP contribution in [0.25, 0.3) is 0 Å². The minimum absolute atomic E-state index is 0.0500. The fourth-order valence-corrected chi connectivity index (χ4v) is 2.79. The Kier molecular flexibility index (Phi) is 6.91. The van der Waals surface area contributed by atoms with E-state index in [2.05, 4.69) is 14.6 Å². The van der Waals surface area contributed by atoms with E-state index in [0.29, 0.717) is 5.56 Å². The van der Waals surface area contributed by atoms with Crippen LogP contribution >= 0.6 is 34.8 Å². The van der Waals surface area contributed by atoms with Crippen LogP contribution in [-0.4, -0.2) is 36.1 Å². The fraction of sp³-hybridized carbons (Fsp3) is 0.333. The van der Waals surface area contributed by atoms with Crippen molar-refractivity contribution in [3.63, 3.8) is 0 Å². The van der Waals surface area contributed by atoms with Crippen molar-refractivity contribution < 1.29 is 27.8 Å². The molecular weight excluding hydrogens is 417 g/mol. The zero-order valence-corrected chi connectivity index (χ0v) is 15.8. The molecule has 0 saturated heterocycles. The highest BCUT2D eigenvalue weighted by atomic mass is 35.5. The van der Waals surface area contributed by atoms with Crippen LogP contribution in [0.3, 0.4) is 0 Å². The first-order valence-corrected chi connectivity index (χ1v) is 8.20. The molecule has 0 aliphatic carbocycles. The van der Waals surface area contributed by atoms with E-state index in [1.165, 1.54) is 20.2 Å². The maximum absolute atomic E-state index is 12.4. The Hall–Kier alpha value is -1.77. The van der Waals surface area contributed by atoms with Crippen molar-refractivity contribution >= 4 is 40.8 Å². The lowest BCUT2D eigenvalue weighted by Crippen LogP contribution is -2.12. The first-order chi connectivity index (χ1) is 12.2. The summed E-state index contributed by atoms with van der Waals surface area (Å²) < 4.78 is 40.0. The number of halogens is 5. The molecule has 0 amide bonds. The summed E-state index contributed by atoms with van der Waals surface area (Å²) in [5.41, 5.74) is 0.816. The number of hydrogen-bond donors (Lipinski definition) is 0. The molecule has 0 atom stereocenters. The number of carbonyl (C=O) groups is 1. The lowest BCUT2D eigenvalue weighted by atomic mass is 10.1. The van der Waals surface area contributed by atoms with E-state index in [1.807, 2.05) is 0 Å². The van der Waals surface area contributed by atoms with Gasteiger partial charge >= 0.3 is 12.6 Å². The summed E-state index contributed by atoms with van der Waals surface area (Å²) >= 11 is 18.4. The molecular formula is C15H13Cl3F2N2O4. The number of hydrogen-bond acceptors (Lipinski definition) is 5. The summed E-state index contributed by atoms with van der Waals surface area (Å²) in [5, 5.41) is 4.25. The predicted molar refractivity (Wildman–Crippen MR) is 91.6 cm³/mol. The van der Waals surface area contributed by atoms with Crippen LogP contribution in [0, 0.1) is 0 Å². The number of ether oxygens (including phenoxy) is 3. The number of methoxy groups -OCH3 is 1. The molecule has 6 nitrogen and oxygen atoms in total. The lowest BCUT2D eigenvalue weighted by molar-refractivity contribution is -0.142. The minimum Gasteiger partial charge on any atom is -0.480 e. The summed E-state index contributed by atoms with van der Waals surface area (Å²) in [5.74, 6) is -0.635. The zero-order chi connectivity index (χ0) is 19.4. The Labute approximate surface area is 162 Å². The van der Waals surface area contributed by atoms with Gasteiger partial charge in [-0.3, -0.25) is 0 Å². The highest BCUT2D eigenvalue weighted by molar-refractivity contribution is 6.43. The lowest BCUT2D eigenvalue weighted by Gasteiger charge is -2.11. The second-order valence-corrected chi connectivity index (χ2v) is 6.09. The van der Waals surface area contributed by atoms with Gasteiger partial charge in [0.2, 0.25) is 5.88 Å². The van der Waals surface area contributed by atoms with Gasteiger partial charge in [-0.1, -0.05) is 40.9 Å². The Morgan fingerprint density at radius 1 is 1.23 bits per heavy atom. The van der Waals surface area contributed by atoms with Gasteiger partial charge in [-0.25, -0.2) is 9.48 Å². The molecule has 0 saturated carbocycles. The first kappa shape index (κ1) is 20.5. The molecule has 0 unspecified atom stereocenters. The standard InChI is InChI=1S/C15H13Cl3F2N2O4/c1-22-14(26-15(19)20)12(17)8(21-22)5-7-3-4-9(13(18)11(7)16)25-6-10(23)24-2/h3-4,15H,5-6H2,1-2H3. The molecule has 0 N–H and O–H groups in total. The van der Waals surface area contributed by atoms with E-state index in [9.17, 15) is 13.6 Å². The second kappa shape index (κ2) is 8.75. The van der Waals surface area contributed by atoms with E-state index in [4.69, 9.17) is 39.5 Å². The van der Waals surface area contributed by atoms with Gasteiger partial charge in [0.15, 0.2) is 6.61 Å². The molecule has 142 valence electrons. The van der Waals surface area contributed by atoms with Gasteiger partial charge in [-0.2, -0.15) is 13.9 Å². The average Bonchev–Trinajstić information content (AvgIpc) is 2.85. The van der Waals surface area contributed by atoms with Gasteiger partial charge < -0.3 is 14.2 Å². The molecule has 0 spiro atoms. The smallest absolute Gasteiger partial charge is 0.388 e. The summed E-state index contributed by atoms with van der Waals surface area (Å²) in [6, 6.07) is 3.11. The van der Waals surface area contributed by atoms with Crippen molar-refractivity contribution in [1.82, 2.24) is 9.78 Å². The molecule has 0 bridgehead atoms. The summed E-state index contributed by atoms with van der Waals surface area (Å²) in [7, 11) is 2.65. The van der Waals surface area contributed by atoms with Crippen molar-refractivity contribution in [2.24, 2.45) is 7.05 Å². The number of alkyl halides is 2. The first-order valence-electron chi connectivity index (χ1n) is 7.07. The molecule has 26 heavy (non-hydrogen) atoms. The van der Waals surface area contributed by atoms with Crippen molar-refractivity contribution in [2.75, 3.05) is 13.7 Å². The minimum atomic E-state index is -3.03. The second-order valence-electron chi connectivity index (χ2n) is 4.96. The fourth-order valence-electron chi connectivity index (χ4n) is 2.06. The number of carbonyl (C=O) groups excluding carboxylic acids is 1. The topological polar surface area (TPSA) is 62.6 Å². The van der Waals surface area contributed by atoms with Crippen molar-refractivity contribution in [2.45, 2.75) is 13.0 Å². The SMILES string of the molecule is COC(=O)COc1ccc(Cc2nn(C)c(OC(F)F)c2Cl)c(Cl)c1Cl. The molecule has 0 fully saturated rings. The molecule has 2 rings (SSSR count). The van der Waals surface area contributed by atoms with E-state index in [1.54, 1.807) is 6.07 Å². The Morgan fingerprint density at radius 3 is 2.54 bits per heavy atom. The zero-order valence-electron chi connectivity index (χ0n) is 13.6. The number of aromatic nitrogens is 2. The number of aryl methyl sites for hydroxylation is 1. The number of nitrogens with zero attached hydrogens (tertiary/aromatic N) is 2. The highest BCUT2D eigenvalue weighted by Crippen LogP contribution is 2.37. The maximum Gasteiger partial charge on any atom is 0.388 e. The summed E-state index contributed by atoms with van der Waals surface area (Å²) in [4.78, 5) is 11.1. The Bertz CT molecular complexity index is 815. The van der Waals surface area contributed by atoms with Crippen LogP contribution < -0.4 is 9.47 Å². The largest absolute Gasteiger partial charge is 0.480 e. The van der Waals surface area contributed by atoms with Crippen molar-refractivity contribution in [1.29, 1.82) is 0 Å². The van der Waals surface area contributed by atoms with Gasteiger partial charge in [0.25, 0.3) is 0 Å². The maximum atomic E-state index is 12.4. The van der Waals surface area contributed by atoms with Crippen molar-refractivity contribution in [3.05, 3.63) is 38.5 Å². The summed E-state index contributed by atoms with van der Waals surface area (Å²) in [6.07, 6.45) is 0.120. The third kappa shape index (κ3) is 4.69. The number of benzene rings is 1.